The lowest BCUT2D eigenvalue weighted by Crippen LogP contribution is -2.45. The van der Waals surface area contributed by atoms with Crippen LogP contribution in [0.15, 0.2) is 24.3 Å². The van der Waals surface area contributed by atoms with Crippen LogP contribution in [0.25, 0.3) is 0 Å². The number of nitrogens with one attached hydrogen (secondary N) is 1. The zero-order chi connectivity index (χ0) is 14.4. The van der Waals surface area contributed by atoms with Gasteiger partial charge in [-0.25, -0.2) is 4.79 Å². The Morgan fingerprint density at radius 1 is 1.35 bits per heavy atom. The number of aryl methyl sites for hydroxylation is 1. The molecule has 0 spiro atoms. The first-order chi connectivity index (χ1) is 9.70. The molecule has 0 atom stereocenters. The maximum atomic E-state index is 12.4. The van der Waals surface area contributed by atoms with Gasteiger partial charge >= 0.3 is 6.03 Å². The molecular weight excluding hydrogens is 252 g/mol. The number of rotatable bonds is 4. The summed E-state index contributed by atoms with van der Waals surface area (Å²) in [6, 6.07) is 7.94. The van der Waals surface area contributed by atoms with E-state index in [2.05, 4.69) is 5.32 Å². The van der Waals surface area contributed by atoms with Gasteiger partial charge in [0.1, 0.15) is 0 Å². The van der Waals surface area contributed by atoms with Gasteiger partial charge in [0.2, 0.25) is 0 Å². The number of aliphatic hydroxyl groups excluding tert-OH is 1. The van der Waals surface area contributed by atoms with Crippen LogP contribution in [0.1, 0.15) is 37.7 Å². The Morgan fingerprint density at radius 3 is 2.75 bits per heavy atom. The molecule has 2 rings (SSSR count). The molecule has 0 saturated heterocycles. The number of carbonyl (C=O) groups is 1. The monoisotopic (exact) mass is 276 g/mol. The van der Waals surface area contributed by atoms with Crippen LogP contribution < -0.4 is 5.32 Å². The molecule has 2 amide bonds. The van der Waals surface area contributed by atoms with E-state index >= 15 is 0 Å². The Hall–Kier alpha value is -1.55. The fourth-order valence-corrected chi connectivity index (χ4v) is 2.87. The average molecular weight is 276 g/mol. The van der Waals surface area contributed by atoms with Crippen LogP contribution in [0.2, 0.25) is 0 Å². The maximum Gasteiger partial charge on any atom is 0.322 e. The molecule has 110 valence electrons. The van der Waals surface area contributed by atoms with Crippen LogP contribution in [-0.4, -0.2) is 35.2 Å². The molecule has 0 unspecified atom stereocenters. The first-order valence-corrected chi connectivity index (χ1v) is 7.46. The second-order valence-corrected chi connectivity index (χ2v) is 5.51. The van der Waals surface area contributed by atoms with E-state index in [1.165, 1.54) is 19.3 Å². The lowest BCUT2D eigenvalue weighted by Gasteiger charge is -2.34. The van der Waals surface area contributed by atoms with Crippen LogP contribution in [0.3, 0.4) is 0 Å². The molecular formula is C16H24N2O2. The van der Waals surface area contributed by atoms with Crippen LogP contribution in [0.5, 0.6) is 0 Å². The molecule has 4 heteroatoms. The van der Waals surface area contributed by atoms with Crippen molar-refractivity contribution in [2.45, 2.75) is 45.1 Å². The fraction of sp³-hybridized carbons (Fsp3) is 0.562. The Labute approximate surface area is 120 Å². The molecule has 0 radical (unpaired) electrons. The zero-order valence-electron chi connectivity index (χ0n) is 12.1. The Kier molecular flexibility index (Phi) is 5.41. The van der Waals surface area contributed by atoms with Crippen molar-refractivity contribution in [3.05, 3.63) is 29.8 Å². The normalized spacial score (nSPS) is 15.9. The molecule has 2 N–H and O–H groups in total. The minimum atomic E-state index is -0.100. The molecule has 1 aliphatic carbocycles. The number of hydrogen-bond acceptors (Lipinski definition) is 2. The zero-order valence-corrected chi connectivity index (χ0v) is 12.1. The first kappa shape index (κ1) is 14.9. The predicted octanol–water partition coefficient (Wildman–Crippen LogP) is 3.15. The summed E-state index contributed by atoms with van der Waals surface area (Å²) in [5.74, 6) is 0. The van der Waals surface area contributed by atoms with Gasteiger partial charge in [-0.3, -0.25) is 0 Å². The number of benzene rings is 1. The number of hydrogen-bond donors (Lipinski definition) is 2. The maximum absolute atomic E-state index is 12.4. The van der Waals surface area contributed by atoms with Crippen molar-refractivity contribution in [3.63, 3.8) is 0 Å². The molecule has 1 fully saturated rings. The number of urea groups is 1. The van der Waals surface area contributed by atoms with Crippen molar-refractivity contribution in [3.8, 4) is 0 Å². The van der Waals surface area contributed by atoms with Gasteiger partial charge in [-0.15, -0.1) is 0 Å². The summed E-state index contributed by atoms with van der Waals surface area (Å²) < 4.78 is 0. The summed E-state index contributed by atoms with van der Waals surface area (Å²) in [6.45, 7) is 2.42. The lowest BCUT2D eigenvalue weighted by atomic mass is 9.94. The third-order valence-electron chi connectivity index (χ3n) is 3.89. The smallest absolute Gasteiger partial charge is 0.322 e. The fourth-order valence-electron chi connectivity index (χ4n) is 2.87. The quantitative estimate of drug-likeness (QED) is 0.887. The standard InChI is InChI=1S/C16H24N2O2/c1-13-6-5-7-14(12-13)17-16(20)18(10-11-19)15-8-3-2-4-9-15/h5-7,12,15,19H,2-4,8-11H2,1H3,(H,17,20). The van der Waals surface area contributed by atoms with Gasteiger partial charge < -0.3 is 15.3 Å². The predicted molar refractivity (Wildman–Crippen MR) is 80.9 cm³/mol. The number of anilines is 1. The molecule has 0 aromatic heterocycles. The van der Waals surface area contributed by atoms with Gasteiger partial charge in [-0.2, -0.15) is 0 Å². The number of aliphatic hydroxyl groups is 1. The van der Waals surface area contributed by atoms with E-state index in [9.17, 15) is 9.90 Å². The molecule has 4 nitrogen and oxygen atoms in total. The average Bonchev–Trinajstić information content (AvgIpc) is 2.45. The van der Waals surface area contributed by atoms with Crippen molar-refractivity contribution >= 4 is 11.7 Å². The van der Waals surface area contributed by atoms with E-state index in [4.69, 9.17) is 0 Å². The van der Waals surface area contributed by atoms with Crippen molar-refractivity contribution < 1.29 is 9.90 Å². The number of nitrogens with zero attached hydrogens (tertiary/aromatic N) is 1. The van der Waals surface area contributed by atoms with Crippen LogP contribution in [0.4, 0.5) is 10.5 Å². The second kappa shape index (κ2) is 7.29. The van der Waals surface area contributed by atoms with Gasteiger partial charge in [-0.1, -0.05) is 31.4 Å². The molecule has 1 aromatic rings. The third kappa shape index (κ3) is 3.97. The Balaban J connectivity index is 2.02. The highest BCUT2D eigenvalue weighted by atomic mass is 16.3. The summed E-state index contributed by atoms with van der Waals surface area (Å²) in [5, 5.41) is 12.1. The van der Waals surface area contributed by atoms with E-state index in [1.54, 1.807) is 4.90 Å². The molecule has 20 heavy (non-hydrogen) atoms. The largest absolute Gasteiger partial charge is 0.395 e. The van der Waals surface area contributed by atoms with Gasteiger partial charge in [0.25, 0.3) is 0 Å². The minimum absolute atomic E-state index is 0.0116. The van der Waals surface area contributed by atoms with Crippen molar-refractivity contribution in [2.75, 3.05) is 18.5 Å². The first-order valence-electron chi connectivity index (χ1n) is 7.46. The number of amides is 2. The molecule has 1 aliphatic rings. The van der Waals surface area contributed by atoms with E-state index in [-0.39, 0.29) is 18.7 Å². The van der Waals surface area contributed by atoms with E-state index < -0.39 is 0 Å². The SMILES string of the molecule is Cc1cccc(NC(=O)N(CCO)C2CCCCC2)c1. The van der Waals surface area contributed by atoms with E-state index in [0.29, 0.717) is 6.54 Å². The third-order valence-corrected chi connectivity index (χ3v) is 3.89. The number of carbonyl (C=O) groups excluding carboxylic acids is 1. The Morgan fingerprint density at radius 2 is 2.10 bits per heavy atom. The van der Waals surface area contributed by atoms with Gasteiger partial charge in [-0.05, 0) is 37.5 Å². The van der Waals surface area contributed by atoms with Crippen LogP contribution >= 0.6 is 0 Å². The summed E-state index contributed by atoms with van der Waals surface area (Å²) >= 11 is 0. The summed E-state index contributed by atoms with van der Waals surface area (Å²) in [5.41, 5.74) is 1.93. The van der Waals surface area contributed by atoms with Gasteiger partial charge in [0.05, 0.1) is 6.61 Å². The molecule has 1 saturated carbocycles. The molecule has 0 bridgehead atoms. The van der Waals surface area contributed by atoms with Crippen LogP contribution in [0, 0.1) is 6.92 Å². The highest BCUT2D eigenvalue weighted by Crippen LogP contribution is 2.23. The van der Waals surface area contributed by atoms with Gasteiger partial charge in [0, 0.05) is 18.3 Å². The topological polar surface area (TPSA) is 52.6 Å². The highest BCUT2D eigenvalue weighted by Gasteiger charge is 2.24. The summed E-state index contributed by atoms with van der Waals surface area (Å²) in [6.07, 6.45) is 5.68. The van der Waals surface area contributed by atoms with Crippen molar-refractivity contribution in [1.82, 2.24) is 4.90 Å². The molecule has 0 aliphatic heterocycles. The molecule has 0 heterocycles. The highest BCUT2D eigenvalue weighted by molar-refractivity contribution is 5.89. The second-order valence-electron chi connectivity index (χ2n) is 5.51. The van der Waals surface area contributed by atoms with E-state index in [1.807, 2.05) is 31.2 Å². The minimum Gasteiger partial charge on any atom is -0.395 e. The Bertz CT molecular complexity index is 442. The van der Waals surface area contributed by atoms with Crippen molar-refractivity contribution in [2.24, 2.45) is 0 Å². The lowest BCUT2D eigenvalue weighted by molar-refractivity contribution is 0.144. The van der Waals surface area contributed by atoms with Crippen LogP contribution in [-0.2, 0) is 0 Å². The summed E-state index contributed by atoms with van der Waals surface area (Å²) in [4.78, 5) is 14.2. The van der Waals surface area contributed by atoms with E-state index in [0.717, 1.165) is 24.1 Å². The van der Waals surface area contributed by atoms with Crippen molar-refractivity contribution in [1.29, 1.82) is 0 Å². The van der Waals surface area contributed by atoms with Gasteiger partial charge in [0.15, 0.2) is 0 Å². The summed E-state index contributed by atoms with van der Waals surface area (Å²) in [7, 11) is 0. The molecule has 1 aromatic carbocycles.